The van der Waals surface area contributed by atoms with Crippen molar-refractivity contribution in [2.45, 2.75) is 78.6 Å². The number of hydrogen-bond donors (Lipinski definition) is 0. The van der Waals surface area contributed by atoms with Crippen molar-refractivity contribution < 1.29 is 0 Å². The number of hydrogen-bond acceptors (Lipinski definition) is 3. The van der Waals surface area contributed by atoms with E-state index in [-0.39, 0.29) is 0 Å². The molecule has 0 bridgehead atoms. The molecule has 16 rings (SSSR count). The van der Waals surface area contributed by atoms with Crippen molar-refractivity contribution in [2.24, 2.45) is 0 Å². The van der Waals surface area contributed by atoms with Gasteiger partial charge >= 0.3 is 0 Å². The summed E-state index contributed by atoms with van der Waals surface area (Å²) in [6.07, 6.45) is 3.47. The third-order valence-electron chi connectivity index (χ3n) is 21.6. The van der Waals surface area contributed by atoms with Crippen molar-refractivity contribution in [3.05, 3.63) is 441 Å². The van der Waals surface area contributed by atoms with Crippen molar-refractivity contribution in [3.63, 3.8) is 0 Å². The quantitative estimate of drug-likeness (QED) is 0.0670. The minimum absolute atomic E-state index is 0.585. The normalized spacial score (nSPS) is 11.7. The Morgan fingerprint density at radius 3 is 0.523 bits per heavy atom. The van der Waals surface area contributed by atoms with Gasteiger partial charge in [0, 0.05) is 51.2 Å². The first kappa shape index (κ1) is 74.8. The van der Waals surface area contributed by atoms with Crippen molar-refractivity contribution >= 4 is 51.2 Å². The largest absolute Gasteiger partial charge is 0.311 e. The molecule has 544 valence electrons. The minimum Gasteiger partial charge on any atom is -0.311 e. The Morgan fingerprint density at radius 2 is 0.306 bits per heavy atom. The van der Waals surface area contributed by atoms with Crippen LogP contribution < -0.4 is 14.7 Å². The number of para-hydroxylation sites is 2. The highest BCUT2D eigenvalue weighted by Crippen LogP contribution is 2.42. The fraction of sp³-hybridized carbons (Fsp3) is 0.111. The molecule has 0 aliphatic rings. The smallest absolute Gasteiger partial charge is 0.0467 e. The molecule has 0 amide bonds. The van der Waals surface area contributed by atoms with Gasteiger partial charge in [-0.2, -0.15) is 0 Å². The molecule has 3 nitrogen and oxygen atoms in total. The molecule has 3 unspecified atom stereocenters. The predicted octanol–water partition coefficient (Wildman–Crippen LogP) is 31.7. The SMILES string of the molecule is CCC(C)c1ccc(-c2ccc(N(c3ccc(-c4ccccc4)cc3)c3ccc(-c4ccccc4)cc3)cc2)cc1.CCC(C)c1ccc(-c2ccc(N(c3ccccc3)c3ccc(-c4ccccc4)cc3)cc2)cc1.CCC(C)c1ccc(-c2cccc(N(c3ccccc3)c3ccc(-c4ccccc4)cc3)c2)cc1. The van der Waals surface area contributed by atoms with Gasteiger partial charge in [-0.05, 0) is 241 Å². The zero-order chi connectivity index (χ0) is 76.1. The Hall–Kier alpha value is -13.1. The van der Waals surface area contributed by atoms with Gasteiger partial charge in [-0.1, -0.05) is 357 Å². The maximum Gasteiger partial charge on any atom is 0.0467 e. The first-order valence-electron chi connectivity index (χ1n) is 39.4. The van der Waals surface area contributed by atoms with Crippen LogP contribution in [0.3, 0.4) is 0 Å². The average molecular weight is 1440 g/mol. The Kier molecular flexibility index (Phi) is 24.7. The van der Waals surface area contributed by atoms with Crippen LogP contribution in [0.15, 0.2) is 425 Å². The van der Waals surface area contributed by atoms with Gasteiger partial charge in [0.05, 0.1) is 0 Å². The summed E-state index contributed by atoms with van der Waals surface area (Å²) in [7, 11) is 0. The van der Waals surface area contributed by atoms with Gasteiger partial charge in [0.15, 0.2) is 0 Å². The van der Waals surface area contributed by atoms with E-state index in [1.165, 1.54) is 94.6 Å². The lowest BCUT2D eigenvalue weighted by molar-refractivity contribution is 0.734. The van der Waals surface area contributed by atoms with Gasteiger partial charge in [0.25, 0.3) is 0 Å². The van der Waals surface area contributed by atoms with Crippen molar-refractivity contribution in [3.8, 4) is 77.9 Å². The van der Waals surface area contributed by atoms with Gasteiger partial charge in [-0.25, -0.2) is 0 Å². The third kappa shape index (κ3) is 18.6. The van der Waals surface area contributed by atoms with Gasteiger partial charge in [-0.15, -0.1) is 0 Å². The Morgan fingerprint density at radius 1 is 0.153 bits per heavy atom. The molecule has 0 heterocycles. The molecule has 16 aromatic carbocycles. The van der Waals surface area contributed by atoms with Gasteiger partial charge in [0.2, 0.25) is 0 Å². The fourth-order valence-corrected chi connectivity index (χ4v) is 14.4. The van der Waals surface area contributed by atoms with Crippen molar-refractivity contribution in [2.75, 3.05) is 14.7 Å². The van der Waals surface area contributed by atoms with Crippen LogP contribution in [-0.4, -0.2) is 0 Å². The van der Waals surface area contributed by atoms with E-state index < -0.39 is 0 Å². The molecule has 0 fully saturated rings. The second kappa shape index (κ2) is 36.7. The Balaban J connectivity index is 0.000000139. The maximum absolute atomic E-state index is 2.33. The van der Waals surface area contributed by atoms with Gasteiger partial charge < -0.3 is 14.7 Å². The topological polar surface area (TPSA) is 9.72 Å². The molecule has 0 N–H and O–H groups in total. The van der Waals surface area contributed by atoms with Crippen LogP contribution in [0.2, 0.25) is 0 Å². The second-order valence-corrected chi connectivity index (χ2v) is 28.8. The summed E-state index contributed by atoms with van der Waals surface area (Å²) >= 11 is 0. The van der Waals surface area contributed by atoms with E-state index in [1.54, 1.807) is 0 Å². The summed E-state index contributed by atoms with van der Waals surface area (Å²) in [5.41, 5.74) is 31.6. The molecule has 0 aliphatic carbocycles. The minimum atomic E-state index is 0.585. The standard InChI is InChI=1S/C40H35N.2C34H31N/c1-3-30(2)31-14-16-34(17-15-31)37-22-28-40(29-23-37)41(38-24-18-35(19-25-38)32-10-6-4-7-11-32)39-26-20-36(21-27-39)33-12-8-5-9-13-33;1-3-26(2)27-17-19-30(20-18-27)31-13-10-16-34(25-31)35(32-14-8-5-9-15-32)33-23-21-29(22-24-33)28-11-6-4-7-12-28;1-3-26(2)27-14-16-29(17-15-27)31-20-24-34(25-21-31)35(32-12-8-5-9-13-32)33-22-18-30(19-23-33)28-10-6-4-7-11-28/h4-30H,3H2,1-2H3;2*4-26H,3H2,1-2H3. The first-order chi connectivity index (χ1) is 54.6. The number of nitrogens with zero attached hydrogens (tertiary/aromatic N) is 3. The molecular formula is C108H97N3. The van der Waals surface area contributed by atoms with Crippen LogP contribution in [0, 0.1) is 0 Å². The molecule has 0 spiro atoms. The monoisotopic (exact) mass is 1440 g/mol. The lowest BCUT2D eigenvalue weighted by Gasteiger charge is -2.26. The zero-order valence-electron chi connectivity index (χ0n) is 64.6. The van der Waals surface area contributed by atoms with E-state index in [2.05, 4.69) is 481 Å². The molecule has 0 radical (unpaired) electrons. The molecule has 0 aromatic heterocycles. The van der Waals surface area contributed by atoms with Crippen LogP contribution in [-0.2, 0) is 0 Å². The lowest BCUT2D eigenvalue weighted by Crippen LogP contribution is -2.09. The summed E-state index contributed by atoms with van der Waals surface area (Å²) in [5.74, 6) is 1.77. The van der Waals surface area contributed by atoms with E-state index >= 15 is 0 Å². The number of benzene rings is 16. The molecule has 3 heteroatoms. The van der Waals surface area contributed by atoms with E-state index in [0.29, 0.717) is 17.8 Å². The van der Waals surface area contributed by atoms with Gasteiger partial charge in [-0.3, -0.25) is 0 Å². The Bertz CT molecular complexity index is 5380. The summed E-state index contributed by atoms with van der Waals surface area (Å²) in [6.45, 7) is 13.6. The van der Waals surface area contributed by atoms with E-state index in [1.807, 2.05) is 0 Å². The van der Waals surface area contributed by atoms with Crippen LogP contribution in [0.4, 0.5) is 51.2 Å². The Labute approximate surface area is 659 Å². The highest BCUT2D eigenvalue weighted by atomic mass is 15.2. The fourth-order valence-electron chi connectivity index (χ4n) is 14.4. The van der Waals surface area contributed by atoms with Crippen LogP contribution in [0.5, 0.6) is 0 Å². The van der Waals surface area contributed by atoms with E-state index in [9.17, 15) is 0 Å². The molecule has 0 saturated heterocycles. The third-order valence-corrected chi connectivity index (χ3v) is 21.6. The molecule has 3 atom stereocenters. The highest BCUT2D eigenvalue weighted by Gasteiger charge is 2.19. The maximum atomic E-state index is 2.33. The summed E-state index contributed by atoms with van der Waals surface area (Å²) < 4.78 is 0. The van der Waals surface area contributed by atoms with E-state index in [0.717, 1.165) is 70.4 Å². The predicted molar refractivity (Wildman–Crippen MR) is 478 cm³/mol. The average Bonchev–Trinajstić information content (AvgIpc) is 0.805. The molecule has 111 heavy (non-hydrogen) atoms. The zero-order valence-corrected chi connectivity index (χ0v) is 64.6. The summed E-state index contributed by atoms with van der Waals surface area (Å²) in [6, 6.07) is 152. The van der Waals surface area contributed by atoms with Crippen LogP contribution >= 0.6 is 0 Å². The number of anilines is 9. The van der Waals surface area contributed by atoms with Crippen LogP contribution in [0.25, 0.3) is 77.9 Å². The number of rotatable bonds is 22. The lowest BCUT2D eigenvalue weighted by atomic mass is 9.95. The van der Waals surface area contributed by atoms with E-state index in [4.69, 9.17) is 0 Å². The summed E-state index contributed by atoms with van der Waals surface area (Å²) in [4.78, 5) is 6.97. The van der Waals surface area contributed by atoms with Crippen molar-refractivity contribution in [1.82, 2.24) is 0 Å². The first-order valence-corrected chi connectivity index (χ1v) is 39.4. The van der Waals surface area contributed by atoms with Crippen LogP contribution in [0.1, 0.15) is 95.2 Å². The highest BCUT2D eigenvalue weighted by molar-refractivity contribution is 5.85. The summed E-state index contributed by atoms with van der Waals surface area (Å²) in [5, 5.41) is 0. The molecule has 0 aliphatic heterocycles. The molecule has 16 aromatic rings. The van der Waals surface area contributed by atoms with Gasteiger partial charge in [0.1, 0.15) is 0 Å². The molecule has 0 saturated carbocycles. The molecular weight excluding hydrogens is 1340 g/mol. The second-order valence-electron chi connectivity index (χ2n) is 28.8. The van der Waals surface area contributed by atoms with Crippen molar-refractivity contribution in [1.29, 1.82) is 0 Å².